The third-order valence-electron chi connectivity index (χ3n) is 1.83. The second-order valence-corrected chi connectivity index (χ2v) is 3.03. The molecule has 48 valence electrons. The minimum Gasteiger partial charge on any atom is -0.165 e. The second kappa shape index (κ2) is 3.33. The maximum atomic E-state index is 11.4. The molecule has 0 unspecified atom stereocenters. The normalized spacial score (nSPS) is 20.6. The van der Waals surface area contributed by atoms with Gasteiger partial charge in [-0.1, -0.05) is 19.3 Å². The van der Waals surface area contributed by atoms with Gasteiger partial charge in [-0.25, -0.2) is 0 Å². The molecule has 1 aliphatic carbocycles. The van der Waals surface area contributed by atoms with Crippen LogP contribution in [-0.4, -0.2) is 5.75 Å². The van der Waals surface area contributed by atoms with Gasteiger partial charge in [-0.3, -0.25) is 0 Å². The van der Waals surface area contributed by atoms with Crippen molar-refractivity contribution >= 4 is 12.1 Å². The van der Waals surface area contributed by atoms with Gasteiger partial charge in [0.25, 0.3) is 0 Å². The third kappa shape index (κ3) is 1.66. The standard InChI is InChI=1S/C6H11FS/c7-8-5-4-6-2-1-3-6/h6H,1-5H2. The molecule has 0 saturated heterocycles. The maximum Gasteiger partial charge on any atom is 0.0443 e. The number of hydrogen-bond acceptors (Lipinski definition) is 1. The Hall–Kier alpha value is 0.280. The van der Waals surface area contributed by atoms with E-state index in [1.165, 1.54) is 19.3 Å². The Bertz CT molecular complexity index is 61.5. The number of hydrogen-bond donors (Lipinski definition) is 0. The van der Waals surface area contributed by atoms with E-state index in [0.29, 0.717) is 17.9 Å². The summed E-state index contributed by atoms with van der Waals surface area (Å²) in [6, 6.07) is 0. The number of rotatable bonds is 3. The van der Waals surface area contributed by atoms with Crippen molar-refractivity contribution in [2.24, 2.45) is 5.92 Å². The predicted octanol–water partition coefficient (Wildman–Crippen LogP) is 2.79. The topological polar surface area (TPSA) is 0 Å². The Balaban J connectivity index is 1.86. The fraction of sp³-hybridized carbons (Fsp3) is 1.00. The lowest BCUT2D eigenvalue weighted by molar-refractivity contribution is 0.308. The van der Waals surface area contributed by atoms with E-state index in [0.717, 1.165) is 12.3 Å². The molecule has 0 nitrogen and oxygen atoms in total. The highest BCUT2D eigenvalue weighted by molar-refractivity contribution is 7.94. The molecule has 0 aromatic heterocycles. The summed E-state index contributed by atoms with van der Waals surface area (Å²) in [6.45, 7) is 0. The highest BCUT2D eigenvalue weighted by Gasteiger charge is 2.16. The first-order valence-corrected chi connectivity index (χ1v) is 4.05. The van der Waals surface area contributed by atoms with Crippen LogP contribution in [0.1, 0.15) is 25.7 Å². The van der Waals surface area contributed by atoms with Gasteiger partial charge in [0.15, 0.2) is 0 Å². The monoisotopic (exact) mass is 134 g/mol. The lowest BCUT2D eigenvalue weighted by atomic mass is 9.84. The van der Waals surface area contributed by atoms with Gasteiger partial charge < -0.3 is 0 Å². The molecule has 1 saturated carbocycles. The highest BCUT2D eigenvalue weighted by Crippen LogP contribution is 2.30. The molecule has 8 heavy (non-hydrogen) atoms. The van der Waals surface area contributed by atoms with E-state index in [4.69, 9.17) is 0 Å². The molecule has 0 N–H and O–H groups in total. The predicted molar refractivity (Wildman–Crippen MR) is 35.5 cm³/mol. The van der Waals surface area contributed by atoms with Crippen LogP contribution in [0.15, 0.2) is 0 Å². The average Bonchev–Trinajstić information content (AvgIpc) is 1.63. The van der Waals surface area contributed by atoms with Crippen molar-refractivity contribution in [3.63, 3.8) is 0 Å². The molecule has 1 fully saturated rings. The smallest absolute Gasteiger partial charge is 0.0443 e. The molecule has 0 bridgehead atoms. The minimum absolute atomic E-state index is 0.479. The summed E-state index contributed by atoms with van der Waals surface area (Å²) in [5.41, 5.74) is 0. The molecule has 0 aromatic rings. The van der Waals surface area contributed by atoms with Gasteiger partial charge in [0.2, 0.25) is 0 Å². The van der Waals surface area contributed by atoms with E-state index in [-0.39, 0.29) is 0 Å². The first kappa shape index (κ1) is 6.40. The zero-order valence-corrected chi connectivity index (χ0v) is 5.72. The van der Waals surface area contributed by atoms with Crippen LogP contribution in [0.25, 0.3) is 0 Å². The van der Waals surface area contributed by atoms with Crippen LogP contribution in [0.4, 0.5) is 3.89 Å². The molecule has 0 amide bonds. The van der Waals surface area contributed by atoms with Gasteiger partial charge >= 0.3 is 0 Å². The molecular formula is C6H11FS. The SMILES string of the molecule is FSCCC1CCC1. The van der Waals surface area contributed by atoms with Crippen LogP contribution >= 0.6 is 12.1 Å². The molecule has 0 spiro atoms. The van der Waals surface area contributed by atoms with E-state index in [1.54, 1.807) is 0 Å². The lowest BCUT2D eigenvalue weighted by Crippen LogP contribution is -2.10. The van der Waals surface area contributed by atoms with Gasteiger partial charge in [-0.2, -0.15) is 3.89 Å². The van der Waals surface area contributed by atoms with Crippen LogP contribution in [0.5, 0.6) is 0 Å². The van der Waals surface area contributed by atoms with E-state index < -0.39 is 0 Å². The van der Waals surface area contributed by atoms with Crippen molar-refractivity contribution in [2.75, 3.05) is 5.75 Å². The zero-order valence-electron chi connectivity index (χ0n) is 4.90. The molecular weight excluding hydrogens is 123 g/mol. The van der Waals surface area contributed by atoms with E-state index in [1.807, 2.05) is 0 Å². The van der Waals surface area contributed by atoms with Crippen molar-refractivity contribution < 1.29 is 3.89 Å². The molecule has 1 aliphatic rings. The quantitative estimate of drug-likeness (QED) is 0.572. The van der Waals surface area contributed by atoms with Crippen LogP contribution in [-0.2, 0) is 0 Å². The summed E-state index contributed by atoms with van der Waals surface area (Å²) < 4.78 is 11.4. The molecule has 0 aliphatic heterocycles. The summed E-state index contributed by atoms with van der Waals surface area (Å²) in [5, 5.41) is 0. The highest BCUT2D eigenvalue weighted by atomic mass is 32.2. The third-order valence-corrected chi connectivity index (χ3v) is 2.22. The van der Waals surface area contributed by atoms with Crippen molar-refractivity contribution in [1.82, 2.24) is 0 Å². The van der Waals surface area contributed by atoms with Crippen molar-refractivity contribution in [2.45, 2.75) is 25.7 Å². The fourth-order valence-corrected chi connectivity index (χ4v) is 1.42. The first-order chi connectivity index (χ1) is 3.93. The summed E-state index contributed by atoms with van der Waals surface area (Å²) in [6.07, 6.45) is 5.17. The van der Waals surface area contributed by atoms with Crippen LogP contribution in [0, 0.1) is 5.92 Å². The largest absolute Gasteiger partial charge is 0.165 e. The molecule has 0 aromatic carbocycles. The van der Waals surface area contributed by atoms with Crippen LogP contribution in [0.3, 0.4) is 0 Å². The Morgan fingerprint density at radius 3 is 2.62 bits per heavy atom. The summed E-state index contributed by atoms with van der Waals surface area (Å²) in [7, 11) is 0. The first-order valence-electron chi connectivity index (χ1n) is 3.17. The summed E-state index contributed by atoms with van der Waals surface area (Å²) in [5.74, 6) is 1.59. The zero-order chi connectivity index (χ0) is 5.82. The Kier molecular flexibility index (Phi) is 2.67. The van der Waals surface area contributed by atoms with Crippen molar-refractivity contribution in [3.05, 3.63) is 0 Å². The van der Waals surface area contributed by atoms with Gasteiger partial charge in [0, 0.05) is 17.9 Å². The molecule has 2 heteroatoms. The lowest BCUT2D eigenvalue weighted by Gasteiger charge is -2.24. The Morgan fingerprint density at radius 1 is 1.50 bits per heavy atom. The molecule has 1 rings (SSSR count). The van der Waals surface area contributed by atoms with Gasteiger partial charge in [0.05, 0.1) is 0 Å². The van der Waals surface area contributed by atoms with Crippen molar-refractivity contribution in [1.29, 1.82) is 0 Å². The fourth-order valence-electron chi connectivity index (χ4n) is 0.993. The molecule has 0 atom stereocenters. The average molecular weight is 134 g/mol. The van der Waals surface area contributed by atoms with E-state index >= 15 is 0 Å². The summed E-state index contributed by atoms with van der Waals surface area (Å²) in [4.78, 5) is 0. The van der Waals surface area contributed by atoms with E-state index in [9.17, 15) is 3.89 Å². The maximum absolute atomic E-state index is 11.4. The molecule has 0 heterocycles. The van der Waals surface area contributed by atoms with Crippen molar-refractivity contribution in [3.8, 4) is 0 Å². The second-order valence-electron chi connectivity index (χ2n) is 2.40. The Labute approximate surface area is 54.1 Å². The molecule has 0 radical (unpaired) electrons. The Morgan fingerprint density at radius 2 is 2.25 bits per heavy atom. The van der Waals surface area contributed by atoms with Gasteiger partial charge in [-0.05, 0) is 12.3 Å². The minimum atomic E-state index is 0.479. The van der Waals surface area contributed by atoms with Gasteiger partial charge in [0.1, 0.15) is 0 Å². The van der Waals surface area contributed by atoms with Crippen LogP contribution < -0.4 is 0 Å². The number of halogens is 1. The summed E-state index contributed by atoms with van der Waals surface area (Å²) >= 11 is 0.479. The van der Waals surface area contributed by atoms with Crippen LogP contribution in [0.2, 0.25) is 0 Å². The van der Waals surface area contributed by atoms with E-state index in [2.05, 4.69) is 0 Å². The van der Waals surface area contributed by atoms with Gasteiger partial charge in [-0.15, -0.1) is 0 Å².